The molecule has 1 amide bonds. The second-order valence-corrected chi connectivity index (χ2v) is 7.68. The van der Waals surface area contributed by atoms with Crippen molar-refractivity contribution in [1.82, 2.24) is 4.98 Å². The van der Waals surface area contributed by atoms with E-state index in [-0.39, 0.29) is 34.9 Å². The lowest BCUT2D eigenvalue weighted by molar-refractivity contribution is -0.0575. The fraction of sp³-hybridized carbons (Fsp3) is 0.381. The summed E-state index contributed by atoms with van der Waals surface area (Å²) < 4.78 is 75.5. The Bertz CT molecular complexity index is 1080. The minimum atomic E-state index is -3.04. The van der Waals surface area contributed by atoms with Crippen LogP contribution >= 0.6 is 0 Å². The van der Waals surface area contributed by atoms with Gasteiger partial charge < -0.3 is 20.5 Å². The number of anilines is 1. The van der Waals surface area contributed by atoms with Gasteiger partial charge in [-0.15, -0.1) is 0 Å². The average molecular weight is 472 g/mol. The molecule has 0 saturated heterocycles. The molecule has 0 spiro atoms. The SMILES string of the molecule is Cc1cc(OC(F)F)cnc1C(=O)Nc1ccc(F)c([C@]2(C)COC(CF)(CF)C(N)=N2)c1. The second-order valence-electron chi connectivity index (χ2n) is 7.68. The zero-order valence-corrected chi connectivity index (χ0v) is 17.7. The molecule has 0 aliphatic carbocycles. The quantitative estimate of drug-likeness (QED) is 0.600. The third-order valence-corrected chi connectivity index (χ3v) is 5.19. The van der Waals surface area contributed by atoms with Crippen molar-refractivity contribution in [2.24, 2.45) is 10.7 Å². The summed E-state index contributed by atoms with van der Waals surface area (Å²) in [6.45, 7) is -2.91. The first-order valence-corrected chi connectivity index (χ1v) is 9.68. The third-order valence-electron chi connectivity index (χ3n) is 5.19. The number of carbonyl (C=O) groups is 1. The van der Waals surface area contributed by atoms with Gasteiger partial charge in [0.05, 0.1) is 12.8 Å². The maximum Gasteiger partial charge on any atom is 0.387 e. The fourth-order valence-corrected chi connectivity index (χ4v) is 3.30. The summed E-state index contributed by atoms with van der Waals surface area (Å²) in [5, 5.41) is 2.54. The monoisotopic (exact) mass is 472 g/mol. The van der Waals surface area contributed by atoms with Gasteiger partial charge in [-0.3, -0.25) is 9.79 Å². The van der Waals surface area contributed by atoms with E-state index in [2.05, 4.69) is 20.0 Å². The number of nitrogens with zero attached hydrogens (tertiary/aromatic N) is 2. The minimum absolute atomic E-state index is 0.0278. The molecule has 0 saturated carbocycles. The Morgan fingerprint density at radius 2 is 2.00 bits per heavy atom. The Hall–Kier alpha value is -3.28. The predicted molar refractivity (Wildman–Crippen MR) is 110 cm³/mol. The lowest BCUT2D eigenvalue weighted by Crippen LogP contribution is -2.56. The van der Waals surface area contributed by atoms with Crippen LogP contribution < -0.4 is 15.8 Å². The molecule has 12 heteroatoms. The number of hydrogen-bond acceptors (Lipinski definition) is 6. The van der Waals surface area contributed by atoms with Crippen LogP contribution in [0.5, 0.6) is 5.75 Å². The van der Waals surface area contributed by atoms with Gasteiger partial charge >= 0.3 is 6.61 Å². The number of aliphatic imine (C=N–C) groups is 1. The van der Waals surface area contributed by atoms with Crippen LogP contribution in [0.4, 0.5) is 27.6 Å². The van der Waals surface area contributed by atoms with E-state index in [9.17, 15) is 26.7 Å². The van der Waals surface area contributed by atoms with Gasteiger partial charge in [0.1, 0.15) is 42.0 Å². The number of alkyl halides is 4. The van der Waals surface area contributed by atoms with Crippen molar-refractivity contribution in [3.8, 4) is 5.75 Å². The van der Waals surface area contributed by atoms with Crippen molar-refractivity contribution in [2.45, 2.75) is 31.6 Å². The van der Waals surface area contributed by atoms with Crippen molar-refractivity contribution in [2.75, 3.05) is 25.3 Å². The number of aryl methyl sites for hydroxylation is 1. The standard InChI is InChI=1S/C21H21F5N4O3/c1-11-5-13(33-19(25)26)7-28-16(11)17(31)29-12-3-4-15(24)14(6-12)20(2)10-32-21(8-22,9-23)18(27)30-20/h3-7,19H,8-10H2,1-2H3,(H2,27,30)(H,29,31)/t20-/m0/s1. The van der Waals surface area contributed by atoms with Crippen molar-refractivity contribution in [3.63, 3.8) is 0 Å². The zero-order valence-electron chi connectivity index (χ0n) is 17.7. The van der Waals surface area contributed by atoms with E-state index < -0.39 is 48.7 Å². The molecular weight excluding hydrogens is 451 g/mol. The van der Waals surface area contributed by atoms with Gasteiger partial charge in [0, 0.05) is 11.3 Å². The first kappa shape index (κ1) is 24.4. The number of rotatable bonds is 7. The van der Waals surface area contributed by atoms with Gasteiger partial charge in [-0.25, -0.2) is 18.2 Å². The molecule has 2 aromatic rings. The zero-order chi connectivity index (χ0) is 24.4. The molecule has 1 aliphatic heterocycles. The van der Waals surface area contributed by atoms with E-state index in [0.717, 1.165) is 12.3 Å². The van der Waals surface area contributed by atoms with E-state index >= 15 is 0 Å². The molecule has 3 rings (SSSR count). The van der Waals surface area contributed by atoms with Crippen LogP contribution in [-0.4, -0.2) is 48.9 Å². The molecule has 7 nitrogen and oxygen atoms in total. The Morgan fingerprint density at radius 3 is 2.58 bits per heavy atom. The number of benzene rings is 1. The van der Waals surface area contributed by atoms with E-state index in [1.54, 1.807) is 0 Å². The molecule has 0 fully saturated rings. The second kappa shape index (κ2) is 9.30. The number of amides is 1. The highest BCUT2D eigenvalue weighted by molar-refractivity contribution is 6.04. The van der Waals surface area contributed by atoms with Crippen LogP contribution in [0, 0.1) is 12.7 Å². The van der Waals surface area contributed by atoms with E-state index in [1.165, 1.54) is 32.0 Å². The molecule has 0 bridgehead atoms. The molecule has 33 heavy (non-hydrogen) atoms. The Morgan fingerprint density at radius 1 is 1.30 bits per heavy atom. The van der Waals surface area contributed by atoms with Gasteiger partial charge in [0.15, 0.2) is 5.60 Å². The summed E-state index contributed by atoms with van der Waals surface area (Å²) in [4.78, 5) is 20.6. The number of halogens is 5. The summed E-state index contributed by atoms with van der Waals surface area (Å²) in [6.07, 6.45) is 0.976. The molecule has 0 radical (unpaired) electrons. The lowest BCUT2D eigenvalue weighted by Gasteiger charge is -2.39. The van der Waals surface area contributed by atoms with Gasteiger partial charge in [-0.1, -0.05) is 0 Å². The summed E-state index contributed by atoms with van der Waals surface area (Å²) in [5.74, 6) is -2.04. The van der Waals surface area contributed by atoms with Gasteiger partial charge in [-0.2, -0.15) is 8.78 Å². The number of amidine groups is 1. The maximum absolute atomic E-state index is 14.6. The van der Waals surface area contributed by atoms with Gasteiger partial charge in [-0.05, 0) is 43.7 Å². The fourth-order valence-electron chi connectivity index (χ4n) is 3.30. The Labute approximate surface area is 185 Å². The van der Waals surface area contributed by atoms with Crippen molar-refractivity contribution >= 4 is 17.4 Å². The number of pyridine rings is 1. The Balaban J connectivity index is 1.87. The molecule has 1 aromatic heterocycles. The van der Waals surface area contributed by atoms with Crippen LogP contribution in [0.25, 0.3) is 0 Å². The largest absolute Gasteiger partial charge is 0.433 e. The molecule has 178 valence electrons. The molecule has 0 unspecified atom stereocenters. The highest BCUT2D eigenvalue weighted by Crippen LogP contribution is 2.36. The van der Waals surface area contributed by atoms with E-state index in [0.29, 0.717) is 0 Å². The van der Waals surface area contributed by atoms with Crippen molar-refractivity contribution in [1.29, 1.82) is 0 Å². The lowest BCUT2D eigenvalue weighted by atomic mass is 9.89. The first-order chi connectivity index (χ1) is 15.5. The Kier molecular flexibility index (Phi) is 6.86. The van der Waals surface area contributed by atoms with Crippen LogP contribution in [-0.2, 0) is 10.3 Å². The summed E-state index contributed by atoms with van der Waals surface area (Å²) in [6, 6.07) is 4.88. The van der Waals surface area contributed by atoms with Crippen molar-refractivity contribution < 1.29 is 36.2 Å². The summed E-state index contributed by atoms with van der Waals surface area (Å²) in [7, 11) is 0. The maximum atomic E-state index is 14.6. The van der Waals surface area contributed by atoms with E-state index in [1.807, 2.05) is 0 Å². The highest BCUT2D eigenvalue weighted by atomic mass is 19.3. The number of nitrogens with two attached hydrogens (primary N) is 1. The van der Waals surface area contributed by atoms with Crippen molar-refractivity contribution in [3.05, 3.63) is 53.1 Å². The van der Waals surface area contributed by atoms with Crippen LogP contribution in [0.3, 0.4) is 0 Å². The highest BCUT2D eigenvalue weighted by Gasteiger charge is 2.45. The molecular formula is C21H21F5N4O3. The third kappa shape index (κ3) is 4.90. The van der Waals surface area contributed by atoms with E-state index in [4.69, 9.17) is 10.5 Å². The normalized spacial score (nSPS) is 19.8. The van der Waals surface area contributed by atoms with Gasteiger partial charge in [0.2, 0.25) is 0 Å². The molecule has 1 aromatic carbocycles. The number of aromatic nitrogens is 1. The molecule has 3 N–H and O–H groups in total. The summed E-state index contributed by atoms with van der Waals surface area (Å²) in [5.41, 5.74) is 2.66. The number of hydrogen-bond donors (Lipinski definition) is 2. The minimum Gasteiger partial charge on any atom is -0.433 e. The van der Waals surface area contributed by atoms with Gasteiger partial charge in [0.25, 0.3) is 5.91 Å². The average Bonchev–Trinajstić information content (AvgIpc) is 2.75. The molecule has 1 atom stereocenters. The number of carbonyl (C=O) groups excluding carboxylic acids is 1. The predicted octanol–water partition coefficient (Wildman–Crippen LogP) is 3.66. The molecule has 1 aliphatic rings. The van der Waals surface area contributed by atoms with Crippen LogP contribution in [0.1, 0.15) is 28.5 Å². The van der Waals surface area contributed by atoms with Crippen LogP contribution in [0.2, 0.25) is 0 Å². The summed E-state index contributed by atoms with van der Waals surface area (Å²) >= 11 is 0. The number of ether oxygens (including phenoxy) is 2. The topological polar surface area (TPSA) is 98.8 Å². The first-order valence-electron chi connectivity index (χ1n) is 9.68. The smallest absolute Gasteiger partial charge is 0.387 e. The number of nitrogens with one attached hydrogen (secondary N) is 1. The van der Waals surface area contributed by atoms with Crippen LogP contribution in [0.15, 0.2) is 35.5 Å². The molecule has 2 heterocycles.